The number of hydrazine groups is 1. The third kappa shape index (κ3) is 4.99. The smallest absolute Gasteiger partial charge is 0.270 e. The predicted molar refractivity (Wildman–Crippen MR) is 116 cm³/mol. The van der Waals surface area contributed by atoms with E-state index in [1.54, 1.807) is 49.5 Å². The van der Waals surface area contributed by atoms with Gasteiger partial charge in [0.15, 0.2) is 0 Å². The van der Waals surface area contributed by atoms with Crippen LogP contribution in [0.15, 0.2) is 53.3 Å². The average molecular weight is 428 g/mol. The first kappa shape index (κ1) is 21.4. The van der Waals surface area contributed by atoms with Crippen molar-refractivity contribution in [3.8, 4) is 5.75 Å². The standard InChI is InChI=1S/C22H22ClN3O4/c1-14-12-15(23)9-10-19(14)30-11-5-8-20(27)24-25-22(29)17-13-21(28)26(2)18-7-4-3-6-16(17)18/h3-4,6-7,9-10,12-13H,5,8,11H2,1-2H3,(H,24,27)(H,25,29). The first-order valence-corrected chi connectivity index (χ1v) is 9.81. The Balaban J connectivity index is 1.51. The van der Waals surface area contributed by atoms with E-state index in [0.717, 1.165) is 5.56 Å². The minimum atomic E-state index is -0.551. The quantitative estimate of drug-likeness (QED) is 0.467. The SMILES string of the molecule is Cc1cc(Cl)ccc1OCCCC(=O)NNC(=O)c1cc(=O)n(C)c2ccccc12. The van der Waals surface area contributed by atoms with E-state index >= 15 is 0 Å². The van der Waals surface area contributed by atoms with Gasteiger partial charge in [-0.3, -0.25) is 25.2 Å². The predicted octanol–water partition coefficient (Wildman–Crippen LogP) is 3.12. The topological polar surface area (TPSA) is 89.4 Å². The molecule has 0 atom stereocenters. The summed E-state index contributed by atoms with van der Waals surface area (Å²) in [4.78, 5) is 36.6. The largest absolute Gasteiger partial charge is 0.493 e. The monoisotopic (exact) mass is 427 g/mol. The number of pyridine rings is 1. The molecule has 0 saturated heterocycles. The molecule has 0 unspecified atom stereocenters. The molecular weight excluding hydrogens is 406 g/mol. The highest BCUT2D eigenvalue weighted by atomic mass is 35.5. The summed E-state index contributed by atoms with van der Waals surface area (Å²) in [6.45, 7) is 2.24. The zero-order valence-electron chi connectivity index (χ0n) is 16.7. The van der Waals surface area contributed by atoms with Crippen molar-refractivity contribution >= 4 is 34.3 Å². The summed E-state index contributed by atoms with van der Waals surface area (Å²) in [6, 6.07) is 13.7. The fraction of sp³-hybridized carbons (Fsp3) is 0.227. The molecule has 156 valence electrons. The van der Waals surface area contributed by atoms with Crippen LogP contribution in [0.2, 0.25) is 5.02 Å². The number of nitrogens with one attached hydrogen (secondary N) is 2. The molecule has 0 spiro atoms. The van der Waals surface area contributed by atoms with Gasteiger partial charge in [-0.2, -0.15) is 0 Å². The second-order valence-corrected chi connectivity index (χ2v) is 7.27. The molecule has 2 amide bonds. The summed E-state index contributed by atoms with van der Waals surface area (Å²) >= 11 is 5.91. The van der Waals surface area contributed by atoms with Crippen molar-refractivity contribution in [2.24, 2.45) is 7.05 Å². The van der Waals surface area contributed by atoms with E-state index in [0.29, 0.717) is 34.7 Å². The minimum Gasteiger partial charge on any atom is -0.493 e. The number of rotatable bonds is 6. The summed E-state index contributed by atoms with van der Waals surface area (Å²) in [7, 11) is 1.64. The Kier molecular flexibility index (Phi) is 6.74. The number of nitrogens with zero attached hydrogens (tertiary/aromatic N) is 1. The van der Waals surface area contributed by atoms with Crippen LogP contribution in [0.25, 0.3) is 10.9 Å². The number of benzene rings is 2. The summed E-state index contributed by atoms with van der Waals surface area (Å²) in [5.74, 6) is -0.191. The Bertz CT molecular complexity index is 1160. The highest BCUT2D eigenvalue weighted by Gasteiger charge is 2.14. The van der Waals surface area contributed by atoms with Gasteiger partial charge >= 0.3 is 0 Å². The Morgan fingerprint density at radius 2 is 1.87 bits per heavy atom. The summed E-state index contributed by atoms with van der Waals surface area (Å²) < 4.78 is 7.11. The first-order valence-electron chi connectivity index (χ1n) is 9.43. The highest BCUT2D eigenvalue weighted by molar-refractivity contribution is 6.30. The van der Waals surface area contributed by atoms with E-state index in [1.807, 2.05) is 6.92 Å². The molecule has 2 aromatic carbocycles. The Morgan fingerprint density at radius 3 is 2.63 bits per heavy atom. The maximum Gasteiger partial charge on any atom is 0.270 e. The van der Waals surface area contributed by atoms with Gasteiger partial charge in [-0.15, -0.1) is 0 Å². The van der Waals surface area contributed by atoms with Gasteiger partial charge in [-0.05, 0) is 43.2 Å². The summed E-state index contributed by atoms with van der Waals surface area (Å²) in [5.41, 5.74) is 6.20. The Morgan fingerprint density at radius 1 is 1.10 bits per heavy atom. The number of hydrogen-bond donors (Lipinski definition) is 2. The maximum atomic E-state index is 12.5. The van der Waals surface area contributed by atoms with Crippen LogP contribution < -0.4 is 21.1 Å². The molecule has 1 aromatic heterocycles. The number of amides is 2. The second kappa shape index (κ2) is 9.45. The van der Waals surface area contributed by atoms with E-state index in [9.17, 15) is 14.4 Å². The molecule has 3 rings (SSSR count). The van der Waals surface area contributed by atoms with Crippen LogP contribution in [0.3, 0.4) is 0 Å². The van der Waals surface area contributed by atoms with Crippen LogP contribution in [0.1, 0.15) is 28.8 Å². The molecule has 0 saturated carbocycles. The normalized spacial score (nSPS) is 10.6. The first-order chi connectivity index (χ1) is 14.4. The number of aryl methyl sites for hydroxylation is 2. The Labute approximate surface area is 178 Å². The molecule has 0 aliphatic heterocycles. The van der Waals surface area contributed by atoms with Crippen LogP contribution in [0.5, 0.6) is 5.75 Å². The molecule has 0 bridgehead atoms. The molecule has 0 fully saturated rings. The highest BCUT2D eigenvalue weighted by Crippen LogP contribution is 2.22. The van der Waals surface area contributed by atoms with E-state index < -0.39 is 5.91 Å². The van der Waals surface area contributed by atoms with Crippen molar-refractivity contribution in [2.45, 2.75) is 19.8 Å². The summed E-state index contributed by atoms with van der Waals surface area (Å²) in [6.07, 6.45) is 0.642. The fourth-order valence-electron chi connectivity index (χ4n) is 3.04. The van der Waals surface area contributed by atoms with Crippen molar-refractivity contribution < 1.29 is 14.3 Å². The zero-order chi connectivity index (χ0) is 21.7. The number of ether oxygens (including phenoxy) is 1. The van der Waals surface area contributed by atoms with Gasteiger partial charge in [0.05, 0.1) is 17.7 Å². The van der Waals surface area contributed by atoms with Crippen molar-refractivity contribution in [1.82, 2.24) is 15.4 Å². The number of aromatic nitrogens is 1. The lowest BCUT2D eigenvalue weighted by Gasteiger charge is -2.12. The zero-order valence-corrected chi connectivity index (χ0v) is 17.5. The molecule has 0 aliphatic rings. The lowest BCUT2D eigenvalue weighted by Crippen LogP contribution is -2.42. The van der Waals surface area contributed by atoms with Crippen molar-refractivity contribution in [2.75, 3.05) is 6.61 Å². The van der Waals surface area contributed by atoms with Gasteiger partial charge in [0.1, 0.15) is 5.75 Å². The van der Waals surface area contributed by atoms with Crippen LogP contribution in [0, 0.1) is 6.92 Å². The molecule has 30 heavy (non-hydrogen) atoms. The lowest BCUT2D eigenvalue weighted by atomic mass is 10.1. The third-order valence-corrected chi connectivity index (χ3v) is 4.89. The maximum absolute atomic E-state index is 12.5. The fourth-order valence-corrected chi connectivity index (χ4v) is 3.27. The molecule has 3 aromatic rings. The molecule has 0 radical (unpaired) electrons. The number of fused-ring (bicyclic) bond motifs is 1. The van der Waals surface area contributed by atoms with Gasteiger partial charge < -0.3 is 9.30 Å². The van der Waals surface area contributed by atoms with Crippen molar-refractivity contribution in [1.29, 1.82) is 0 Å². The van der Waals surface area contributed by atoms with Gasteiger partial charge in [0, 0.05) is 29.9 Å². The van der Waals surface area contributed by atoms with E-state index in [1.165, 1.54) is 10.6 Å². The van der Waals surface area contributed by atoms with E-state index in [2.05, 4.69) is 10.9 Å². The van der Waals surface area contributed by atoms with E-state index in [4.69, 9.17) is 16.3 Å². The van der Waals surface area contributed by atoms with E-state index in [-0.39, 0.29) is 23.5 Å². The third-order valence-electron chi connectivity index (χ3n) is 4.66. The number of hydrogen-bond acceptors (Lipinski definition) is 4. The number of carbonyl (C=O) groups excluding carboxylic acids is 2. The molecule has 1 heterocycles. The molecular formula is C22H22ClN3O4. The summed E-state index contributed by atoms with van der Waals surface area (Å²) in [5, 5.41) is 1.26. The van der Waals surface area contributed by atoms with Crippen molar-refractivity contribution in [3.63, 3.8) is 0 Å². The molecule has 8 heteroatoms. The van der Waals surface area contributed by atoms with Gasteiger partial charge in [-0.25, -0.2) is 0 Å². The van der Waals surface area contributed by atoms with Crippen molar-refractivity contribution in [3.05, 3.63) is 75.0 Å². The van der Waals surface area contributed by atoms with Gasteiger partial charge in [-0.1, -0.05) is 29.8 Å². The molecule has 0 aliphatic carbocycles. The minimum absolute atomic E-state index is 0.171. The number of para-hydroxylation sites is 1. The van der Waals surface area contributed by atoms with Gasteiger partial charge in [0.25, 0.3) is 11.5 Å². The van der Waals surface area contributed by atoms with Crippen LogP contribution in [0.4, 0.5) is 0 Å². The molecule has 2 N–H and O–H groups in total. The number of carbonyl (C=O) groups is 2. The van der Waals surface area contributed by atoms with Crippen LogP contribution in [-0.2, 0) is 11.8 Å². The van der Waals surface area contributed by atoms with Crippen LogP contribution in [-0.4, -0.2) is 23.0 Å². The Hall–Kier alpha value is -3.32. The lowest BCUT2D eigenvalue weighted by molar-refractivity contribution is -0.122. The van der Waals surface area contributed by atoms with Crippen LogP contribution >= 0.6 is 11.6 Å². The average Bonchev–Trinajstić information content (AvgIpc) is 2.73. The number of halogens is 1. The van der Waals surface area contributed by atoms with Gasteiger partial charge in [0.2, 0.25) is 5.91 Å². The second-order valence-electron chi connectivity index (χ2n) is 6.84. The molecule has 7 nitrogen and oxygen atoms in total.